The van der Waals surface area contributed by atoms with Crippen LogP contribution in [0.25, 0.3) is 0 Å². The van der Waals surface area contributed by atoms with Crippen molar-refractivity contribution in [1.29, 1.82) is 0 Å². The van der Waals surface area contributed by atoms with Crippen molar-refractivity contribution in [3.05, 3.63) is 41.3 Å². The lowest BCUT2D eigenvalue weighted by Crippen LogP contribution is -2.43. The maximum Gasteiger partial charge on any atom is 0.227 e. The second kappa shape index (κ2) is 8.17. The van der Waals surface area contributed by atoms with E-state index in [1.807, 2.05) is 25.4 Å². The molecule has 0 spiro atoms. The van der Waals surface area contributed by atoms with Crippen molar-refractivity contribution < 1.29 is 9.32 Å². The molecule has 1 atom stereocenters. The van der Waals surface area contributed by atoms with Gasteiger partial charge in [-0.15, -0.1) is 0 Å². The Morgan fingerprint density at radius 2 is 2.11 bits per heavy atom. The van der Waals surface area contributed by atoms with Gasteiger partial charge in [0, 0.05) is 57.0 Å². The number of nitrogens with one attached hydrogen (secondary N) is 1. The number of amides is 1. The zero-order chi connectivity index (χ0) is 19.4. The topological polar surface area (TPSA) is 84.2 Å². The Balaban J connectivity index is 1.72. The van der Waals surface area contributed by atoms with E-state index < -0.39 is 5.41 Å². The van der Waals surface area contributed by atoms with Gasteiger partial charge in [-0.05, 0) is 18.9 Å². The van der Waals surface area contributed by atoms with Crippen LogP contribution in [-0.2, 0) is 24.2 Å². The second-order valence-electron chi connectivity index (χ2n) is 7.73. The van der Waals surface area contributed by atoms with Crippen LogP contribution in [0.1, 0.15) is 56.0 Å². The summed E-state index contributed by atoms with van der Waals surface area (Å²) in [5.74, 6) is 2.00. The molecule has 1 fully saturated rings. The van der Waals surface area contributed by atoms with E-state index in [1.165, 1.54) is 0 Å². The summed E-state index contributed by atoms with van der Waals surface area (Å²) >= 11 is 0. The summed E-state index contributed by atoms with van der Waals surface area (Å²) in [7, 11) is 1.70. The summed E-state index contributed by atoms with van der Waals surface area (Å²) in [4.78, 5) is 23.8. The van der Waals surface area contributed by atoms with Gasteiger partial charge in [0.05, 0.1) is 11.1 Å². The number of carbonyl (C=O) groups excluding carboxylic acids is 1. The number of hydrogen-bond acceptors (Lipinski definition) is 6. The number of aryl methyl sites for hydroxylation is 1. The van der Waals surface area contributed by atoms with Crippen LogP contribution in [0.4, 0.5) is 0 Å². The molecule has 0 radical (unpaired) electrons. The Hall–Kier alpha value is -2.28. The SMILES string of the molecule is CCc1ncc(CN2CC[C@](Cc3cc(C(C)C)no3)(C(=O)NC)C2)cn1. The van der Waals surface area contributed by atoms with Gasteiger partial charge in [0.2, 0.25) is 5.91 Å². The lowest BCUT2D eigenvalue weighted by atomic mass is 9.81. The molecule has 0 bridgehead atoms. The first-order valence-corrected chi connectivity index (χ1v) is 9.65. The van der Waals surface area contributed by atoms with Gasteiger partial charge in [0.15, 0.2) is 0 Å². The normalized spacial score (nSPS) is 20.3. The number of likely N-dealkylation sites (tertiary alicyclic amines) is 1. The first-order chi connectivity index (χ1) is 13.0. The van der Waals surface area contributed by atoms with Crippen LogP contribution >= 0.6 is 0 Å². The van der Waals surface area contributed by atoms with Crippen LogP contribution in [0.15, 0.2) is 23.0 Å². The molecule has 3 rings (SSSR count). The van der Waals surface area contributed by atoms with E-state index in [2.05, 4.69) is 39.2 Å². The monoisotopic (exact) mass is 371 g/mol. The maximum absolute atomic E-state index is 12.7. The van der Waals surface area contributed by atoms with Gasteiger partial charge in [-0.3, -0.25) is 9.69 Å². The fourth-order valence-electron chi connectivity index (χ4n) is 3.69. The Labute approximate surface area is 160 Å². The molecule has 1 saturated heterocycles. The van der Waals surface area contributed by atoms with Gasteiger partial charge < -0.3 is 9.84 Å². The summed E-state index contributed by atoms with van der Waals surface area (Å²) in [5, 5.41) is 6.98. The third-order valence-electron chi connectivity index (χ3n) is 5.30. The zero-order valence-corrected chi connectivity index (χ0v) is 16.7. The predicted molar refractivity (Wildman–Crippen MR) is 102 cm³/mol. The molecule has 7 nitrogen and oxygen atoms in total. The smallest absolute Gasteiger partial charge is 0.227 e. The molecular weight excluding hydrogens is 342 g/mol. The van der Waals surface area contributed by atoms with E-state index in [0.717, 1.165) is 48.8 Å². The third kappa shape index (κ3) is 4.35. The van der Waals surface area contributed by atoms with Gasteiger partial charge in [0.25, 0.3) is 0 Å². The van der Waals surface area contributed by atoms with Crippen molar-refractivity contribution in [1.82, 2.24) is 25.3 Å². The maximum atomic E-state index is 12.7. The van der Waals surface area contributed by atoms with Gasteiger partial charge >= 0.3 is 0 Å². The number of nitrogens with zero attached hydrogens (tertiary/aromatic N) is 4. The predicted octanol–water partition coefficient (Wildman–Crippen LogP) is 2.33. The van der Waals surface area contributed by atoms with Crippen molar-refractivity contribution in [2.24, 2.45) is 5.41 Å². The summed E-state index contributed by atoms with van der Waals surface area (Å²) in [6.07, 6.45) is 5.96. The van der Waals surface area contributed by atoms with Crippen molar-refractivity contribution >= 4 is 5.91 Å². The Kier molecular flexibility index (Phi) is 5.89. The van der Waals surface area contributed by atoms with Crippen LogP contribution in [0.3, 0.4) is 0 Å². The Bertz CT molecular complexity index is 771. The van der Waals surface area contributed by atoms with Crippen molar-refractivity contribution in [3.63, 3.8) is 0 Å². The zero-order valence-electron chi connectivity index (χ0n) is 16.7. The lowest BCUT2D eigenvalue weighted by Gasteiger charge is -2.26. The fourth-order valence-corrected chi connectivity index (χ4v) is 3.69. The van der Waals surface area contributed by atoms with Crippen LogP contribution in [0.2, 0.25) is 0 Å². The second-order valence-corrected chi connectivity index (χ2v) is 7.73. The minimum atomic E-state index is -0.493. The largest absolute Gasteiger partial charge is 0.361 e. The van der Waals surface area contributed by atoms with Crippen molar-refractivity contribution in [2.75, 3.05) is 20.1 Å². The lowest BCUT2D eigenvalue weighted by molar-refractivity contribution is -0.130. The summed E-state index contributed by atoms with van der Waals surface area (Å²) in [6, 6.07) is 1.98. The van der Waals surface area contributed by atoms with E-state index in [1.54, 1.807) is 7.05 Å². The molecule has 0 aromatic carbocycles. The highest BCUT2D eigenvalue weighted by atomic mass is 16.5. The molecule has 3 heterocycles. The molecule has 7 heteroatoms. The number of carbonyl (C=O) groups is 1. The number of hydrogen-bond donors (Lipinski definition) is 1. The Morgan fingerprint density at radius 1 is 1.37 bits per heavy atom. The van der Waals surface area contributed by atoms with Crippen LogP contribution < -0.4 is 5.32 Å². The fraction of sp³-hybridized carbons (Fsp3) is 0.600. The highest BCUT2D eigenvalue weighted by Gasteiger charge is 2.45. The van der Waals surface area contributed by atoms with E-state index in [9.17, 15) is 4.79 Å². The minimum absolute atomic E-state index is 0.0603. The molecule has 1 amide bonds. The standard InChI is InChI=1S/C20H29N5O2/c1-5-18-22-10-15(11-23-18)12-25-7-6-20(13-25,19(26)21-4)9-16-8-17(14(2)3)24-27-16/h8,10-11,14H,5-7,9,12-13H2,1-4H3,(H,21,26)/t20-/m1/s1. The Morgan fingerprint density at radius 3 is 2.70 bits per heavy atom. The first kappa shape index (κ1) is 19.5. The molecule has 0 unspecified atom stereocenters. The van der Waals surface area contributed by atoms with E-state index in [0.29, 0.717) is 18.9 Å². The van der Waals surface area contributed by atoms with E-state index >= 15 is 0 Å². The van der Waals surface area contributed by atoms with Crippen molar-refractivity contribution in [2.45, 2.75) is 52.5 Å². The average molecular weight is 371 g/mol. The molecule has 1 aliphatic rings. The molecule has 2 aromatic heterocycles. The third-order valence-corrected chi connectivity index (χ3v) is 5.30. The first-order valence-electron chi connectivity index (χ1n) is 9.65. The summed E-state index contributed by atoms with van der Waals surface area (Å²) in [6.45, 7) is 8.49. The van der Waals surface area contributed by atoms with E-state index in [-0.39, 0.29) is 5.91 Å². The van der Waals surface area contributed by atoms with Crippen LogP contribution in [-0.4, -0.2) is 46.1 Å². The van der Waals surface area contributed by atoms with Gasteiger partial charge in [0.1, 0.15) is 11.6 Å². The molecule has 2 aromatic rings. The molecule has 0 saturated carbocycles. The molecule has 0 aliphatic carbocycles. The highest BCUT2D eigenvalue weighted by molar-refractivity contribution is 5.83. The number of rotatable bonds is 7. The minimum Gasteiger partial charge on any atom is -0.361 e. The summed E-state index contributed by atoms with van der Waals surface area (Å²) < 4.78 is 5.52. The molecule has 146 valence electrons. The van der Waals surface area contributed by atoms with Gasteiger partial charge in [-0.2, -0.15) is 0 Å². The average Bonchev–Trinajstić information content (AvgIpc) is 3.30. The van der Waals surface area contributed by atoms with Gasteiger partial charge in [-0.1, -0.05) is 25.9 Å². The van der Waals surface area contributed by atoms with Crippen molar-refractivity contribution in [3.8, 4) is 0 Å². The van der Waals surface area contributed by atoms with Gasteiger partial charge in [-0.25, -0.2) is 9.97 Å². The molecule has 1 aliphatic heterocycles. The van der Waals surface area contributed by atoms with E-state index in [4.69, 9.17) is 4.52 Å². The number of aromatic nitrogens is 3. The quantitative estimate of drug-likeness (QED) is 0.804. The van der Waals surface area contributed by atoms with Crippen LogP contribution in [0.5, 0.6) is 0 Å². The summed E-state index contributed by atoms with van der Waals surface area (Å²) in [5.41, 5.74) is 1.51. The molecule has 1 N–H and O–H groups in total. The highest BCUT2D eigenvalue weighted by Crippen LogP contribution is 2.36. The molecule has 27 heavy (non-hydrogen) atoms. The molecular formula is C20H29N5O2. The van der Waals surface area contributed by atoms with Crippen LogP contribution in [0, 0.1) is 5.41 Å².